The smallest absolute Gasteiger partial charge is 0.120 e. The summed E-state index contributed by atoms with van der Waals surface area (Å²) in [5, 5.41) is 1.91. The van der Waals surface area contributed by atoms with E-state index in [-0.39, 0.29) is 0 Å². The second kappa shape index (κ2) is 4.63. The zero-order chi connectivity index (χ0) is 12.5. The van der Waals surface area contributed by atoms with Gasteiger partial charge in [-0.15, -0.1) is 11.3 Å². The minimum atomic E-state index is 0.823. The summed E-state index contributed by atoms with van der Waals surface area (Å²) in [4.78, 5) is 1.11. The maximum Gasteiger partial charge on any atom is 0.120 e. The van der Waals surface area contributed by atoms with Gasteiger partial charge in [0, 0.05) is 10.1 Å². The number of rotatable bonds is 2. The quantitative estimate of drug-likeness (QED) is 0.622. The Morgan fingerprint density at radius 3 is 2.56 bits per heavy atom. The molecule has 0 amide bonds. The molecule has 18 heavy (non-hydrogen) atoms. The molecule has 0 saturated heterocycles. The highest BCUT2D eigenvalue weighted by atomic mass is 35.5. The van der Waals surface area contributed by atoms with E-state index in [9.17, 15) is 0 Å². The molecule has 0 bridgehead atoms. The second-order valence-corrected chi connectivity index (χ2v) is 5.40. The molecule has 0 fully saturated rings. The van der Waals surface area contributed by atoms with Crippen molar-refractivity contribution in [2.75, 3.05) is 7.11 Å². The van der Waals surface area contributed by atoms with Crippen LogP contribution >= 0.6 is 22.9 Å². The molecule has 3 heteroatoms. The molecule has 90 valence electrons. The van der Waals surface area contributed by atoms with Crippen LogP contribution in [0, 0.1) is 0 Å². The molecule has 1 aromatic heterocycles. The Balaban J connectivity index is 2.23. The van der Waals surface area contributed by atoms with Crippen molar-refractivity contribution in [2.45, 2.75) is 0 Å². The lowest BCUT2D eigenvalue weighted by molar-refractivity contribution is 0.415. The average molecular weight is 275 g/mol. The Bertz CT molecular complexity index is 688. The summed E-state index contributed by atoms with van der Waals surface area (Å²) in [7, 11) is 1.68. The Morgan fingerprint density at radius 2 is 1.83 bits per heavy atom. The van der Waals surface area contributed by atoms with Crippen molar-refractivity contribution in [1.29, 1.82) is 0 Å². The van der Waals surface area contributed by atoms with Gasteiger partial charge in [-0.25, -0.2) is 0 Å². The molecule has 0 atom stereocenters. The number of benzene rings is 2. The molecule has 0 aliphatic heterocycles. The van der Waals surface area contributed by atoms with Crippen LogP contribution in [0.1, 0.15) is 0 Å². The molecule has 0 aliphatic rings. The number of hydrogen-bond donors (Lipinski definition) is 0. The first-order valence-corrected chi connectivity index (χ1v) is 6.80. The lowest BCUT2D eigenvalue weighted by Crippen LogP contribution is -1.79. The Labute approximate surface area is 115 Å². The van der Waals surface area contributed by atoms with Gasteiger partial charge in [-0.1, -0.05) is 41.9 Å². The van der Waals surface area contributed by atoms with E-state index in [1.807, 2.05) is 36.4 Å². The van der Waals surface area contributed by atoms with Crippen molar-refractivity contribution < 1.29 is 4.74 Å². The van der Waals surface area contributed by atoms with E-state index in [1.54, 1.807) is 18.4 Å². The molecular weight excluding hydrogens is 264 g/mol. The van der Waals surface area contributed by atoms with Gasteiger partial charge in [0.25, 0.3) is 0 Å². The molecule has 3 rings (SSSR count). The zero-order valence-electron chi connectivity index (χ0n) is 9.81. The van der Waals surface area contributed by atoms with Crippen molar-refractivity contribution >= 4 is 33.0 Å². The van der Waals surface area contributed by atoms with Crippen molar-refractivity contribution in [3.8, 4) is 16.2 Å². The highest BCUT2D eigenvalue weighted by Gasteiger charge is 2.12. The predicted octanol–water partition coefficient (Wildman–Crippen LogP) is 5.23. The van der Waals surface area contributed by atoms with Gasteiger partial charge in [-0.3, -0.25) is 0 Å². The predicted molar refractivity (Wildman–Crippen MR) is 78.8 cm³/mol. The molecule has 0 spiro atoms. The molecule has 1 heterocycles. The average Bonchev–Trinajstić information content (AvgIpc) is 2.76. The molecule has 3 aromatic rings. The molecular formula is C15H11ClOS. The lowest BCUT2D eigenvalue weighted by atomic mass is 10.1. The van der Waals surface area contributed by atoms with E-state index < -0.39 is 0 Å². The minimum absolute atomic E-state index is 0.823. The molecule has 0 N–H and O–H groups in total. The third-order valence-corrected chi connectivity index (χ3v) is 4.58. The normalized spacial score (nSPS) is 10.8. The maximum atomic E-state index is 6.46. The van der Waals surface area contributed by atoms with Crippen molar-refractivity contribution in [2.24, 2.45) is 0 Å². The van der Waals surface area contributed by atoms with Gasteiger partial charge in [0.1, 0.15) is 5.75 Å². The minimum Gasteiger partial charge on any atom is -0.497 e. The summed E-state index contributed by atoms with van der Waals surface area (Å²) in [6, 6.07) is 16.2. The fourth-order valence-corrected chi connectivity index (χ4v) is 3.52. The number of halogens is 1. The SMILES string of the molecule is COc1ccc2c(Cl)c(-c3ccccc3)sc2c1. The van der Waals surface area contributed by atoms with Gasteiger partial charge in [-0.2, -0.15) is 0 Å². The molecule has 0 aliphatic carbocycles. The van der Waals surface area contributed by atoms with Gasteiger partial charge in [0.2, 0.25) is 0 Å². The van der Waals surface area contributed by atoms with E-state index in [1.165, 1.54) is 0 Å². The lowest BCUT2D eigenvalue weighted by Gasteiger charge is -1.98. The summed E-state index contributed by atoms with van der Waals surface area (Å²) in [5.74, 6) is 0.861. The van der Waals surface area contributed by atoms with Crippen LogP contribution in [0.2, 0.25) is 5.02 Å². The van der Waals surface area contributed by atoms with Crippen molar-refractivity contribution in [1.82, 2.24) is 0 Å². The molecule has 0 unspecified atom stereocenters. The first-order valence-electron chi connectivity index (χ1n) is 5.61. The van der Waals surface area contributed by atoms with Crippen LogP contribution in [0.5, 0.6) is 5.75 Å². The monoisotopic (exact) mass is 274 g/mol. The van der Waals surface area contributed by atoms with Gasteiger partial charge in [0.15, 0.2) is 0 Å². The van der Waals surface area contributed by atoms with E-state index in [0.717, 1.165) is 31.3 Å². The number of thiophene rings is 1. The third-order valence-electron chi connectivity index (χ3n) is 2.87. The second-order valence-electron chi connectivity index (χ2n) is 3.97. The molecule has 0 radical (unpaired) electrons. The van der Waals surface area contributed by atoms with Crippen LogP contribution in [0.25, 0.3) is 20.5 Å². The number of fused-ring (bicyclic) bond motifs is 1. The highest BCUT2D eigenvalue weighted by molar-refractivity contribution is 7.23. The van der Waals surface area contributed by atoms with Crippen LogP contribution in [-0.2, 0) is 0 Å². The van der Waals surface area contributed by atoms with Crippen molar-refractivity contribution in [3.05, 3.63) is 53.6 Å². The van der Waals surface area contributed by atoms with Crippen LogP contribution in [0.15, 0.2) is 48.5 Å². The summed E-state index contributed by atoms with van der Waals surface area (Å²) in [6.07, 6.45) is 0. The molecule has 1 nitrogen and oxygen atoms in total. The first-order chi connectivity index (χ1) is 8.79. The fraction of sp³-hybridized carbons (Fsp3) is 0.0667. The molecule has 2 aromatic carbocycles. The maximum absolute atomic E-state index is 6.46. The van der Waals surface area contributed by atoms with Gasteiger partial charge in [-0.05, 0) is 23.8 Å². The van der Waals surface area contributed by atoms with E-state index >= 15 is 0 Å². The van der Waals surface area contributed by atoms with Crippen molar-refractivity contribution in [3.63, 3.8) is 0 Å². The largest absolute Gasteiger partial charge is 0.497 e. The Hall–Kier alpha value is -1.51. The zero-order valence-corrected chi connectivity index (χ0v) is 11.4. The first kappa shape index (κ1) is 11.6. The Kier molecular flexibility index (Phi) is 2.98. The van der Waals surface area contributed by atoms with E-state index in [0.29, 0.717) is 0 Å². The topological polar surface area (TPSA) is 9.23 Å². The Morgan fingerprint density at radius 1 is 1.06 bits per heavy atom. The fourth-order valence-electron chi connectivity index (χ4n) is 1.95. The van der Waals surface area contributed by atoms with E-state index in [2.05, 4.69) is 12.1 Å². The molecule has 0 saturated carbocycles. The highest BCUT2D eigenvalue weighted by Crippen LogP contribution is 2.42. The standard InChI is InChI=1S/C15H11ClOS/c1-17-11-7-8-12-13(9-11)18-15(14(12)16)10-5-3-2-4-6-10/h2-9H,1H3. The number of ether oxygens (including phenoxy) is 1. The van der Waals surface area contributed by atoms with Crippen LogP contribution in [0.4, 0.5) is 0 Å². The van der Waals surface area contributed by atoms with Gasteiger partial charge >= 0.3 is 0 Å². The third kappa shape index (κ3) is 1.88. The summed E-state index contributed by atoms with van der Waals surface area (Å²) < 4.78 is 6.39. The van der Waals surface area contributed by atoms with Crippen LogP contribution < -0.4 is 4.74 Å². The number of hydrogen-bond acceptors (Lipinski definition) is 2. The summed E-state index contributed by atoms with van der Waals surface area (Å²) in [5.41, 5.74) is 1.16. The van der Waals surface area contributed by atoms with Crippen LogP contribution in [0.3, 0.4) is 0 Å². The van der Waals surface area contributed by atoms with Gasteiger partial charge < -0.3 is 4.74 Å². The summed E-state index contributed by atoms with van der Waals surface area (Å²) >= 11 is 8.15. The summed E-state index contributed by atoms with van der Waals surface area (Å²) in [6.45, 7) is 0. The van der Waals surface area contributed by atoms with E-state index in [4.69, 9.17) is 16.3 Å². The van der Waals surface area contributed by atoms with Gasteiger partial charge in [0.05, 0.1) is 17.0 Å². The number of methoxy groups -OCH3 is 1. The van der Waals surface area contributed by atoms with Crippen LogP contribution in [-0.4, -0.2) is 7.11 Å².